The first-order chi connectivity index (χ1) is 9.78. The second kappa shape index (κ2) is 5.96. The summed E-state index contributed by atoms with van der Waals surface area (Å²) in [6.45, 7) is 3.51. The number of carbonyl (C=O) groups excluding carboxylic acids is 1. The molecule has 1 aromatic rings. The summed E-state index contributed by atoms with van der Waals surface area (Å²) in [4.78, 5) is 14.6. The Morgan fingerprint density at radius 1 is 1.15 bits per heavy atom. The highest BCUT2D eigenvalue weighted by Gasteiger charge is 2.45. The molecule has 0 aromatic heterocycles. The van der Waals surface area contributed by atoms with E-state index in [1.807, 2.05) is 6.07 Å². The quantitative estimate of drug-likeness (QED) is 0.863. The molecule has 0 unspecified atom stereocenters. The van der Waals surface area contributed by atoms with Gasteiger partial charge in [0.25, 0.3) is 0 Å². The van der Waals surface area contributed by atoms with E-state index in [2.05, 4.69) is 34.5 Å². The maximum absolute atomic E-state index is 12.1. The van der Waals surface area contributed by atoms with Crippen molar-refractivity contribution in [3.05, 3.63) is 35.9 Å². The molecule has 1 aliphatic heterocycles. The van der Waals surface area contributed by atoms with E-state index >= 15 is 0 Å². The van der Waals surface area contributed by atoms with Crippen molar-refractivity contribution in [2.45, 2.75) is 44.1 Å². The molecular formula is C17H24N2O. The van der Waals surface area contributed by atoms with Crippen molar-refractivity contribution >= 4 is 5.91 Å². The first kappa shape index (κ1) is 13.6. The van der Waals surface area contributed by atoms with Crippen LogP contribution in [0.4, 0.5) is 0 Å². The minimum Gasteiger partial charge on any atom is -0.347 e. The van der Waals surface area contributed by atoms with E-state index in [4.69, 9.17) is 0 Å². The Morgan fingerprint density at radius 3 is 2.50 bits per heavy atom. The van der Waals surface area contributed by atoms with E-state index in [9.17, 15) is 4.79 Å². The number of benzene rings is 1. The summed E-state index contributed by atoms with van der Waals surface area (Å²) in [5, 5.41) is 3.25. The van der Waals surface area contributed by atoms with Crippen LogP contribution in [0.1, 0.15) is 44.1 Å². The molecule has 3 nitrogen and oxygen atoms in total. The molecule has 0 atom stereocenters. The Labute approximate surface area is 121 Å². The number of carbonyl (C=O) groups is 1. The Hall–Kier alpha value is -1.35. The number of hydrogen-bond acceptors (Lipinski definition) is 2. The highest BCUT2D eigenvalue weighted by molar-refractivity contribution is 5.77. The van der Waals surface area contributed by atoms with Gasteiger partial charge < -0.3 is 10.2 Å². The van der Waals surface area contributed by atoms with Gasteiger partial charge >= 0.3 is 0 Å². The average Bonchev–Trinajstić information content (AvgIpc) is 3.06. The zero-order valence-electron chi connectivity index (χ0n) is 12.1. The van der Waals surface area contributed by atoms with Crippen LogP contribution in [0.15, 0.2) is 30.3 Å². The molecule has 0 bridgehead atoms. The average molecular weight is 272 g/mol. The van der Waals surface area contributed by atoms with Gasteiger partial charge in [-0.3, -0.25) is 4.79 Å². The van der Waals surface area contributed by atoms with E-state index in [-0.39, 0.29) is 11.4 Å². The number of nitrogens with zero attached hydrogens (tertiary/aromatic N) is 1. The molecule has 1 N–H and O–H groups in total. The Morgan fingerprint density at radius 2 is 1.85 bits per heavy atom. The molecule has 1 aliphatic carbocycles. The van der Waals surface area contributed by atoms with Crippen LogP contribution in [0.2, 0.25) is 0 Å². The Balaban J connectivity index is 1.44. The van der Waals surface area contributed by atoms with Gasteiger partial charge in [-0.1, -0.05) is 30.3 Å². The van der Waals surface area contributed by atoms with Gasteiger partial charge in [-0.25, -0.2) is 0 Å². The molecule has 108 valence electrons. The van der Waals surface area contributed by atoms with Crippen molar-refractivity contribution < 1.29 is 4.79 Å². The SMILES string of the molecule is O=C(CCCN1CCCC1)NC1(c2ccccc2)CC1. The van der Waals surface area contributed by atoms with Crippen molar-refractivity contribution in [1.82, 2.24) is 10.2 Å². The van der Waals surface area contributed by atoms with Crippen LogP contribution in [0.5, 0.6) is 0 Å². The molecule has 20 heavy (non-hydrogen) atoms. The molecular weight excluding hydrogens is 248 g/mol. The number of amides is 1. The zero-order chi connectivity index (χ0) is 13.8. The molecule has 1 heterocycles. The first-order valence-corrected chi connectivity index (χ1v) is 7.87. The van der Waals surface area contributed by atoms with Crippen LogP contribution in [0.25, 0.3) is 0 Å². The van der Waals surface area contributed by atoms with Gasteiger partial charge in [-0.05, 0) is 57.3 Å². The number of hydrogen-bond donors (Lipinski definition) is 1. The second-order valence-corrected chi connectivity index (χ2v) is 6.15. The monoisotopic (exact) mass is 272 g/mol. The van der Waals surface area contributed by atoms with Gasteiger partial charge in [0.2, 0.25) is 5.91 Å². The van der Waals surface area contributed by atoms with Crippen molar-refractivity contribution in [1.29, 1.82) is 0 Å². The molecule has 3 heteroatoms. The third kappa shape index (κ3) is 3.21. The van der Waals surface area contributed by atoms with Gasteiger partial charge in [0.1, 0.15) is 0 Å². The summed E-state index contributed by atoms with van der Waals surface area (Å²) in [6, 6.07) is 10.4. The highest BCUT2D eigenvalue weighted by atomic mass is 16.1. The van der Waals surface area contributed by atoms with E-state index in [0.717, 1.165) is 25.8 Å². The minimum atomic E-state index is -0.0496. The van der Waals surface area contributed by atoms with Crippen LogP contribution in [0.3, 0.4) is 0 Å². The lowest BCUT2D eigenvalue weighted by Gasteiger charge is -2.19. The van der Waals surface area contributed by atoms with E-state index in [1.54, 1.807) is 0 Å². The van der Waals surface area contributed by atoms with Crippen molar-refractivity contribution in [2.24, 2.45) is 0 Å². The van der Waals surface area contributed by atoms with E-state index in [0.29, 0.717) is 6.42 Å². The number of rotatable bonds is 6. The summed E-state index contributed by atoms with van der Waals surface area (Å²) in [6.07, 6.45) is 6.44. The van der Waals surface area contributed by atoms with Crippen LogP contribution in [-0.2, 0) is 10.3 Å². The van der Waals surface area contributed by atoms with Crippen LogP contribution in [-0.4, -0.2) is 30.4 Å². The molecule has 2 aliphatic rings. The largest absolute Gasteiger partial charge is 0.347 e. The summed E-state index contributed by atoms with van der Waals surface area (Å²) in [5.74, 6) is 0.213. The minimum absolute atomic E-state index is 0.0496. The fourth-order valence-electron chi connectivity index (χ4n) is 3.17. The fraction of sp³-hybridized carbons (Fsp3) is 0.588. The summed E-state index contributed by atoms with van der Waals surface area (Å²) in [7, 11) is 0. The smallest absolute Gasteiger partial charge is 0.220 e. The maximum atomic E-state index is 12.1. The van der Waals surface area contributed by atoms with Crippen molar-refractivity contribution in [3.8, 4) is 0 Å². The lowest BCUT2D eigenvalue weighted by Crippen LogP contribution is -2.35. The first-order valence-electron chi connectivity index (χ1n) is 7.87. The number of nitrogens with one attached hydrogen (secondary N) is 1. The third-order valence-electron chi connectivity index (χ3n) is 4.53. The molecule has 1 aromatic carbocycles. The van der Waals surface area contributed by atoms with Gasteiger partial charge in [-0.15, -0.1) is 0 Å². The summed E-state index contributed by atoms with van der Waals surface area (Å²) < 4.78 is 0. The normalized spacial score (nSPS) is 20.8. The molecule has 2 fully saturated rings. The van der Waals surface area contributed by atoms with Crippen LogP contribution < -0.4 is 5.32 Å². The predicted molar refractivity (Wildman–Crippen MR) is 80.4 cm³/mol. The Bertz CT molecular complexity index is 447. The maximum Gasteiger partial charge on any atom is 0.220 e. The fourth-order valence-corrected chi connectivity index (χ4v) is 3.17. The van der Waals surface area contributed by atoms with E-state index in [1.165, 1.54) is 31.5 Å². The van der Waals surface area contributed by atoms with Crippen LogP contribution >= 0.6 is 0 Å². The van der Waals surface area contributed by atoms with Gasteiger partial charge in [0, 0.05) is 6.42 Å². The van der Waals surface area contributed by atoms with Gasteiger partial charge in [-0.2, -0.15) is 0 Å². The standard InChI is InChI=1S/C17H24N2O/c20-16(9-6-14-19-12-4-5-13-19)18-17(10-11-17)15-7-2-1-3-8-15/h1-3,7-8H,4-6,9-14H2,(H,18,20). The van der Waals surface area contributed by atoms with Gasteiger partial charge in [0.15, 0.2) is 0 Å². The molecule has 1 amide bonds. The van der Waals surface area contributed by atoms with Gasteiger partial charge in [0.05, 0.1) is 5.54 Å². The molecule has 3 rings (SSSR count). The molecule has 1 saturated carbocycles. The molecule has 0 spiro atoms. The van der Waals surface area contributed by atoms with Crippen molar-refractivity contribution in [3.63, 3.8) is 0 Å². The zero-order valence-corrected chi connectivity index (χ0v) is 12.1. The topological polar surface area (TPSA) is 32.3 Å². The predicted octanol–water partition coefficient (Wildman–Crippen LogP) is 2.67. The summed E-state index contributed by atoms with van der Waals surface area (Å²) >= 11 is 0. The number of likely N-dealkylation sites (tertiary alicyclic amines) is 1. The molecule has 1 saturated heterocycles. The summed E-state index contributed by atoms with van der Waals surface area (Å²) in [5.41, 5.74) is 1.21. The second-order valence-electron chi connectivity index (χ2n) is 6.15. The third-order valence-corrected chi connectivity index (χ3v) is 4.53. The van der Waals surface area contributed by atoms with E-state index < -0.39 is 0 Å². The Kier molecular flexibility index (Phi) is 4.06. The van der Waals surface area contributed by atoms with Crippen molar-refractivity contribution in [2.75, 3.05) is 19.6 Å². The lowest BCUT2D eigenvalue weighted by molar-refractivity contribution is -0.122. The molecule has 0 radical (unpaired) electrons. The van der Waals surface area contributed by atoms with Crippen LogP contribution in [0, 0.1) is 0 Å². The lowest BCUT2D eigenvalue weighted by atomic mass is 10.0. The highest BCUT2D eigenvalue weighted by Crippen LogP contribution is 2.45.